The van der Waals surface area contributed by atoms with E-state index in [9.17, 15) is 4.79 Å². The molecule has 2 aromatic rings. The van der Waals surface area contributed by atoms with Gasteiger partial charge in [-0.15, -0.1) is 11.3 Å². The Labute approximate surface area is 125 Å². The van der Waals surface area contributed by atoms with Gasteiger partial charge in [-0.05, 0) is 41.1 Å². The first-order valence-electron chi connectivity index (χ1n) is 6.15. The molecule has 1 amide bonds. The Kier molecular flexibility index (Phi) is 3.23. The van der Waals surface area contributed by atoms with Crippen molar-refractivity contribution in [1.82, 2.24) is 0 Å². The molecular weight excluding hydrogens is 322 g/mol. The molecule has 0 saturated carbocycles. The normalized spacial score (nSPS) is 15.7. The highest BCUT2D eigenvalue weighted by molar-refractivity contribution is 9.09. The summed E-state index contributed by atoms with van der Waals surface area (Å²) in [7, 11) is 1.84. The van der Waals surface area contributed by atoms with E-state index in [0.29, 0.717) is 6.42 Å². The van der Waals surface area contributed by atoms with Crippen molar-refractivity contribution in [3.8, 4) is 0 Å². The monoisotopic (exact) mass is 335 g/mol. The maximum absolute atomic E-state index is 11.7. The zero-order chi connectivity index (χ0) is 13.6. The largest absolute Gasteiger partial charge is 0.315 e. The zero-order valence-electron chi connectivity index (χ0n) is 10.8. The minimum absolute atomic E-state index is 0.172. The number of rotatable bonds is 2. The Morgan fingerprint density at radius 2 is 2.16 bits per heavy atom. The summed E-state index contributed by atoms with van der Waals surface area (Å²) >= 11 is 5.54. The van der Waals surface area contributed by atoms with Gasteiger partial charge in [-0.3, -0.25) is 4.79 Å². The van der Waals surface area contributed by atoms with Gasteiger partial charge in [0.2, 0.25) is 5.91 Å². The number of aryl methyl sites for hydroxylation is 1. The third-order valence-electron chi connectivity index (χ3n) is 3.61. The number of benzene rings is 1. The maximum atomic E-state index is 11.7. The maximum Gasteiger partial charge on any atom is 0.231 e. The number of fused-ring (bicyclic) bond motifs is 1. The first-order valence-corrected chi connectivity index (χ1v) is 7.95. The van der Waals surface area contributed by atoms with E-state index in [1.54, 1.807) is 16.2 Å². The smallest absolute Gasteiger partial charge is 0.231 e. The Morgan fingerprint density at radius 1 is 1.37 bits per heavy atom. The Hall–Kier alpha value is -1.13. The Bertz CT molecular complexity index is 649. The van der Waals surface area contributed by atoms with Crippen LogP contribution in [-0.2, 0) is 11.2 Å². The van der Waals surface area contributed by atoms with Crippen molar-refractivity contribution in [2.45, 2.75) is 18.2 Å². The average molecular weight is 336 g/mol. The van der Waals surface area contributed by atoms with Gasteiger partial charge in [-0.2, -0.15) is 0 Å². The molecule has 0 saturated heterocycles. The molecule has 1 atom stereocenters. The molecular formula is C15H14BrNOS. The number of anilines is 1. The van der Waals surface area contributed by atoms with Crippen LogP contribution in [0.2, 0.25) is 0 Å². The van der Waals surface area contributed by atoms with Gasteiger partial charge in [-0.25, -0.2) is 0 Å². The SMILES string of the molecule is Cc1ccsc1C(Br)c1ccc2c(c1)CC(=O)N2C. The molecule has 1 aromatic carbocycles. The molecule has 0 bridgehead atoms. The number of hydrogen-bond acceptors (Lipinski definition) is 2. The molecule has 2 heterocycles. The Morgan fingerprint density at radius 3 is 2.84 bits per heavy atom. The summed E-state index contributed by atoms with van der Waals surface area (Å²) < 4.78 is 0. The second kappa shape index (κ2) is 4.76. The summed E-state index contributed by atoms with van der Waals surface area (Å²) in [6, 6.07) is 8.44. The summed E-state index contributed by atoms with van der Waals surface area (Å²) in [5, 5.41) is 2.11. The second-order valence-corrected chi connectivity index (χ2v) is 6.71. The fraction of sp³-hybridized carbons (Fsp3) is 0.267. The summed E-state index contributed by atoms with van der Waals surface area (Å²) in [5.74, 6) is 0.172. The summed E-state index contributed by atoms with van der Waals surface area (Å²) in [5.41, 5.74) is 4.69. The molecule has 0 spiro atoms. The molecule has 98 valence electrons. The van der Waals surface area contributed by atoms with Crippen molar-refractivity contribution in [3.05, 3.63) is 51.2 Å². The number of amides is 1. The molecule has 1 aliphatic rings. The van der Waals surface area contributed by atoms with E-state index in [1.807, 2.05) is 13.1 Å². The lowest BCUT2D eigenvalue weighted by Gasteiger charge is -2.13. The fourth-order valence-electron chi connectivity index (χ4n) is 2.44. The Balaban J connectivity index is 1.98. The standard InChI is InChI=1S/C15H14BrNOS/c1-9-5-6-19-15(9)14(16)10-3-4-12-11(7-10)8-13(18)17(12)2/h3-7,14H,8H2,1-2H3. The number of carbonyl (C=O) groups excluding carboxylic acids is 1. The highest BCUT2D eigenvalue weighted by atomic mass is 79.9. The highest BCUT2D eigenvalue weighted by Gasteiger charge is 2.25. The lowest BCUT2D eigenvalue weighted by Crippen LogP contribution is -2.20. The van der Waals surface area contributed by atoms with Gasteiger partial charge in [0.1, 0.15) is 0 Å². The van der Waals surface area contributed by atoms with Crippen molar-refractivity contribution >= 4 is 38.9 Å². The van der Waals surface area contributed by atoms with Crippen molar-refractivity contribution in [1.29, 1.82) is 0 Å². The van der Waals surface area contributed by atoms with Gasteiger partial charge in [-0.1, -0.05) is 28.1 Å². The van der Waals surface area contributed by atoms with E-state index < -0.39 is 0 Å². The van der Waals surface area contributed by atoms with E-state index in [-0.39, 0.29) is 10.7 Å². The van der Waals surface area contributed by atoms with Crippen LogP contribution >= 0.6 is 27.3 Å². The van der Waals surface area contributed by atoms with E-state index in [4.69, 9.17) is 0 Å². The summed E-state index contributed by atoms with van der Waals surface area (Å²) in [6.07, 6.45) is 0.517. The van der Waals surface area contributed by atoms with Gasteiger partial charge < -0.3 is 4.90 Å². The second-order valence-electron chi connectivity index (χ2n) is 4.85. The molecule has 1 aromatic heterocycles. The molecule has 0 fully saturated rings. The fourth-order valence-corrected chi connectivity index (χ4v) is 4.34. The van der Waals surface area contributed by atoms with E-state index in [2.05, 4.69) is 46.4 Å². The van der Waals surface area contributed by atoms with E-state index in [1.165, 1.54) is 16.0 Å². The first kappa shape index (κ1) is 12.9. The number of carbonyl (C=O) groups is 1. The lowest BCUT2D eigenvalue weighted by molar-refractivity contribution is -0.117. The van der Waals surface area contributed by atoms with Crippen LogP contribution in [0.4, 0.5) is 5.69 Å². The van der Waals surface area contributed by atoms with Gasteiger partial charge in [0, 0.05) is 17.6 Å². The van der Waals surface area contributed by atoms with Crippen LogP contribution in [0.3, 0.4) is 0 Å². The van der Waals surface area contributed by atoms with Crippen LogP contribution in [0.25, 0.3) is 0 Å². The van der Waals surface area contributed by atoms with Gasteiger partial charge in [0.25, 0.3) is 0 Å². The number of hydrogen-bond donors (Lipinski definition) is 0. The van der Waals surface area contributed by atoms with Crippen LogP contribution in [0.5, 0.6) is 0 Å². The van der Waals surface area contributed by atoms with Crippen molar-refractivity contribution in [2.24, 2.45) is 0 Å². The third-order valence-corrected chi connectivity index (χ3v) is 5.98. The van der Waals surface area contributed by atoms with Crippen LogP contribution in [0.1, 0.15) is 26.4 Å². The summed E-state index contributed by atoms with van der Waals surface area (Å²) in [6.45, 7) is 2.13. The van der Waals surface area contributed by atoms with Crippen molar-refractivity contribution < 1.29 is 4.79 Å². The average Bonchev–Trinajstić information content (AvgIpc) is 2.93. The molecule has 0 radical (unpaired) electrons. The number of likely N-dealkylation sites (N-methyl/N-ethyl adjacent to an activating group) is 1. The topological polar surface area (TPSA) is 20.3 Å². The summed E-state index contributed by atoms with van der Waals surface area (Å²) in [4.78, 5) is 15.0. The van der Waals surface area contributed by atoms with Crippen LogP contribution in [-0.4, -0.2) is 13.0 Å². The van der Waals surface area contributed by atoms with Crippen molar-refractivity contribution in [2.75, 3.05) is 11.9 Å². The predicted octanol–water partition coefficient (Wildman–Crippen LogP) is 4.06. The molecule has 1 unspecified atom stereocenters. The molecule has 0 N–H and O–H groups in total. The number of nitrogens with zero attached hydrogens (tertiary/aromatic N) is 1. The first-order chi connectivity index (χ1) is 9.08. The number of thiophene rings is 1. The number of alkyl halides is 1. The molecule has 1 aliphatic heterocycles. The van der Waals surface area contributed by atoms with Crippen LogP contribution in [0, 0.1) is 6.92 Å². The highest BCUT2D eigenvalue weighted by Crippen LogP contribution is 2.39. The quantitative estimate of drug-likeness (QED) is 0.758. The molecule has 3 rings (SSSR count). The van der Waals surface area contributed by atoms with Crippen molar-refractivity contribution in [3.63, 3.8) is 0 Å². The third kappa shape index (κ3) is 2.13. The zero-order valence-corrected chi connectivity index (χ0v) is 13.2. The number of halogens is 1. The van der Waals surface area contributed by atoms with Gasteiger partial charge >= 0.3 is 0 Å². The van der Waals surface area contributed by atoms with Gasteiger partial charge in [0.15, 0.2) is 0 Å². The van der Waals surface area contributed by atoms with Crippen LogP contribution in [0.15, 0.2) is 29.6 Å². The lowest BCUT2D eigenvalue weighted by atomic mass is 10.0. The van der Waals surface area contributed by atoms with Gasteiger partial charge in [0.05, 0.1) is 11.2 Å². The minimum Gasteiger partial charge on any atom is -0.315 e. The van der Waals surface area contributed by atoms with E-state index in [0.717, 1.165) is 11.3 Å². The minimum atomic E-state index is 0.172. The predicted molar refractivity (Wildman–Crippen MR) is 83.4 cm³/mol. The van der Waals surface area contributed by atoms with E-state index >= 15 is 0 Å². The van der Waals surface area contributed by atoms with Crippen LogP contribution < -0.4 is 4.90 Å². The molecule has 0 aliphatic carbocycles. The molecule has 2 nitrogen and oxygen atoms in total. The molecule has 4 heteroatoms. The molecule has 19 heavy (non-hydrogen) atoms.